The third kappa shape index (κ3) is 3.85. The Morgan fingerprint density at radius 3 is 2.40 bits per heavy atom. The summed E-state index contributed by atoms with van der Waals surface area (Å²) in [6, 6.07) is 18.3. The molecule has 4 aromatic rings. The minimum atomic E-state index is -0.621. The Labute approximate surface area is 203 Å². The first-order valence-electron chi connectivity index (χ1n) is 11.7. The molecule has 0 radical (unpaired) electrons. The van der Waals surface area contributed by atoms with Crippen LogP contribution in [-0.2, 0) is 6.54 Å². The van der Waals surface area contributed by atoms with E-state index in [-0.39, 0.29) is 17.1 Å². The van der Waals surface area contributed by atoms with Gasteiger partial charge in [-0.2, -0.15) is 0 Å². The van der Waals surface area contributed by atoms with E-state index in [9.17, 15) is 9.59 Å². The highest BCUT2D eigenvalue weighted by Crippen LogP contribution is 2.41. The zero-order valence-corrected chi connectivity index (χ0v) is 20.3. The zero-order valence-electron chi connectivity index (χ0n) is 20.3. The molecule has 1 aliphatic rings. The van der Waals surface area contributed by atoms with Gasteiger partial charge in [-0.05, 0) is 67.3 Å². The molecule has 1 unspecified atom stereocenters. The summed E-state index contributed by atoms with van der Waals surface area (Å²) in [6.07, 6.45) is 0. The van der Waals surface area contributed by atoms with Gasteiger partial charge in [-0.3, -0.25) is 9.59 Å². The van der Waals surface area contributed by atoms with E-state index in [2.05, 4.69) is 0 Å². The fourth-order valence-corrected chi connectivity index (χ4v) is 4.69. The molecule has 0 spiro atoms. The summed E-state index contributed by atoms with van der Waals surface area (Å²) < 4.78 is 17.4. The standard InChI is InChI=1S/C29H27NO5/c1-5-34-22-12-11-20(15-24(22)33-4)26-25-27(31)21-13-17(2)18(3)14-23(21)35-28(25)29(32)30(26)16-19-9-7-6-8-10-19/h6-15,26H,5,16H2,1-4H3. The summed E-state index contributed by atoms with van der Waals surface area (Å²) in [5.41, 5.74) is 4.30. The predicted molar refractivity (Wildman–Crippen MR) is 134 cm³/mol. The van der Waals surface area contributed by atoms with E-state index in [0.717, 1.165) is 22.3 Å². The van der Waals surface area contributed by atoms with Gasteiger partial charge in [0.25, 0.3) is 5.91 Å². The lowest BCUT2D eigenvalue weighted by atomic mass is 9.97. The summed E-state index contributed by atoms with van der Waals surface area (Å²) in [5, 5.41) is 0.476. The van der Waals surface area contributed by atoms with Crippen molar-refractivity contribution < 1.29 is 18.7 Å². The van der Waals surface area contributed by atoms with Gasteiger partial charge in [0.2, 0.25) is 5.76 Å². The molecule has 1 aromatic heterocycles. The monoisotopic (exact) mass is 469 g/mol. The molecule has 178 valence electrons. The number of rotatable bonds is 6. The van der Waals surface area contributed by atoms with Gasteiger partial charge in [-0.25, -0.2) is 0 Å². The van der Waals surface area contributed by atoms with E-state index in [1.807, 2.05) is 81.4 Å². The van der Waals surface area contributed by atoms with Gasteiger partial charge in [-0.15, -0.1) is 0 Å². The topological polar surface area (TPSA) is 69.0 Å². The molecule has 0 saturated heterocycles. The Balaban J connectivity index is 1.73. The summed E-state index contributed by atoms with van der Waals surface area (Å²) in [4.78, 5) is 29.2. The molecule has 6 heteroatoms. The first-order chi connectivity index (χ1) is 16.9. The van der Waals surface area contributed by atoms with E-state index >= 15 is 0 Å². The van der Waals surface area contributed by atoms with Crippen LogP contribution in [0.25, 0.3) is 11.0 Å². The van der Waals surface area contributed by atoms with E-state index < -0.39 is 6.04 Å². The Morgan fingerprint density at radius 2 is 1.69 bits per heavy atom. The molecule has 1 aliphatic heterocycles. The van der Waals surface area contributed by atoms with Crippen LogP contribution in [0.3, 0.4) is 0 Å². The quantitative estimate of drug-likeness (QED) is 0.370. The predicted octanol–water partition coefficient (Wildman–Crippen LogP) is 5.56. The second kappa shape index (κ2) is 8.95. The van der Waals surface area contributed by atoms with Gasteiger partial charge in [-0.1, -0.05) is 36.4 Å². The smallest absolute Gasteiger partial charge is 0.291 e. The third-order valence-corrected chi connectivity index (χ3v) is 6.58. The Morgan fingerprint density at radius 1 is 0.943 bits per heavy atom. The van der Waals surface area contributed by atoms with Crippen molar-refractivity contribution in [3.8, 4) is 11.5 Å². The van der Waals surface area contributed by atoms with Gasteiger partial charge in [0.1, 0.15) is 5.58 Å². The molecule has 2 heterocycles. The van der Waals surface area contributed by atoms with E-state index in [1.54, 1.807) is 12.0 Å². The molecular weight excluding hydrogens is 442 g/mol. The first-order valence-corrected chi connectivity index (χ1v) is 11.7. The molecule has 1 atom stereocenters. The van der Waals surface area contributed by atoms with Crippen LogP contribution in [0.2, 0.25) is 0 Å². The molecule has 3 aromatic carbocycles. The highest BCUT2D eigenvalue weighted by molar-refractivity contribution is 5.99. The van der Waals surface area contributed by atoms with Crippen molar-refractivity contribution in [2.45, 2.75) is 33.4 Å². The van der Waals surface area contributed by atoms with Crippen LogP contribution in [0.15, 0.2) is 69.9 Å². The maximum Gasteiger partial charge on any atom is 0.291 e. The molecule has 0 aliphatic carbocycles. The van der Waals surface area contributed by atoms with Crippen molar-refractivity contribution in [1.29, 1.82) is 0 Å². The van der Waals surface area contributed by atoms with Crippen LogP contribution in [0.5, 0.6) is 11.5 Å². The lowest BCUT2D eigenvalue weighted by Crippen LogP contribution is -2.29. The number of fused-ring (bicyclic) bond motifs is 2. The van der Waals surface area contributed by atoms with Crippen LogP contribution >= 0.6 is 0 Å². The molecule has 0 fully saturated rings. The van der Waals surface area contributed by atoms with Crippen LogP contribution in [0, 0.1) is 13.8 Å². The second-order valence-corrected chi connectivity index (χ2v) is 8.77. The van der Waals surface area contributed by atoms with Gasteiger partial charge in [0.15, 0.2) is 16.9 Å². The highest BCUT2D eigenvalue weighted by Gasteiger charge is 2.43. The van der Waals surface area contributed by atoms with Gasteiger partial charge >= 0.3 is 0 Å². The van der Waals surface area contributed by atoms with Gasteiger partial charge < -0.3 is 18.8 Å². The first kappa shape index (κ1) is 22.7. The lowest BCUT2D eigenvalue weighted by Gasteiger charge is -2.26. The third-order valence-electron chi connectivity index (χ3n) is 6.58. The van der Waals surface area contributed by atoms with Crippen LogP contribution in [0.1, 0.15) is 51.3 Å². The maximum absolute atomic E-state index is 13.8. The van der Waals surface area contributed by atoms with Crippen LogP contribution in [0.4, 0.5) is 0 Å². The Hall–Kier alpha value is -4.06. The summed E-state index contributed by atoms with van der Waals surface area (Å²) in [6.45, 7) is 6.65. The fraction of sp³-hybridized carbons (Fsp3) is 0.241. The number of ether oxygens (including phenoxy) is 2. The van der Waals surface area contributed by atoms with E-state index in [4.69, 9.17) is 13.9 Å². The number of carbonyl (C=O) groups is 1. The molecule has 6 nitrogen and oxygen atoms in total. The molecule has 5 rings (SSSR count). The molecule has 1 amide bonds. The number of methoxy groups -OCH3 is 1. The van der Waals surface area contributed by atoms with Gasteiger partial charge in [0.05, 0.1) is 30.7 Å². The number of amides is 1. The van der Waals surface area contributed by atoms with E-state index in [1.165, 1.54) is 0 Å². The Kier molecular flexibility index (Phi) is 5.81. The summed E-state index contributed by atoms with van der Waals surface area (Å²) >= 11 is 0. The highest BCUT2D eigenvalue weighted by atomic mass is 16.5. The zero-order chi connectivity index (χ0) is 24.7. The number of carbonyl (C=O) groups excluding carboxylic acids is 1. The molecule has 35 heavy (non-hydrogen) atoms. The number of aryl methyl sites for hydroxylation is 2. The fourth-order valence-electron chi connectivity index (χ4n) is 4.69. The van der Waals surface area contributed by atoms with Crippen molar-refractivity contribution in [3.63, 3.8) is 0 Å². The van der Waals surface area contributed by atoms with Crippen LogP contribution in [-0.4, -0.2) is 24.5 Å². The molecule has 0 bridgehead atoms. The van der Waals surface area contributed by atoms with Gasteiger partial charge in [0, 0.05) is 6.54 Å². The summed E-state index contributed by atoms with van der Waals surface area (Å²) in [5.74, 6) is 0.939. The van der Waals surface area contributed by atoms with Crippen molar-refractivity contribution in [2.24, 2.45) is 0 Å². The number of hydrogen-bond donors (Lipinski definition) is 0. The maximum atomic E-state index is 13.8. The average Bonchev–Trinajstić information content (AvgIpc) is 3.13. The summed E-state index contributed by atoms with van der Waals surface area (Å²) in [7, 11) is 1.57. The lowest BCUT2D eigenvalue weighted by molar-refractivity contribution is 0.0714. The number of nitrogens with zero attached hydrogens (tertiary/aromatic N) is 1. The van der Waals surface area contributed by atoms with Crippen molar-refractivity contribution in [2.75, 3.05) is 13.7 Å². The van der Waals surface area contributed by atoms with Crippen molar-refractivity contribution in [1.82, 2.24) is 4.90 Å². The molecule has 0 saturated carbocycles. The van der Waals surface area contributed by atoms with E-state index in [0.29, 0.717) is 41.2 Å². The average molecular weight is 470 g/mol. The minimum Gasteiger partial charge on any atom is -0.493 e. The SMILES string of the molecule is CCOc1ccc(C2c3c(oc4cc(C)c(C)cc4c3=O)C(=O)N2Cc2ccccc2)cc1OC. The van der Waals surface area contributed by atoms with Crippen LogP contribution < -0.4 is 14.9 Å². The Bertz CT molecular complexity index is 1490. The number of benzene rings is 3. The number of hydrogen-bond acceptors (Lipinski definition) is 5. The van der Waals surface area contributed by atoms with Crippen molar-refractivity contribution >= 4 is 16.9 Å². The normalized spacial score (nSPS) is 14.9. The minimum absolute atomic E-state index is 0.0968. The second-order valence-electron chi connectivity index (χ2n) is 8.77. The largest absolute Gasteiger partial charge is 0.493 e. The molecular formula is C29H27NO5. The molecule has 0 N–H and O–H groups in total. The van der Waals surface area contributed by atoms with Crippen molar-refractivity contribution in [3.05, 3.63) is 104 Å².